The molecule has 1 fully saturated rings. The summed E-state index contributed by atoms with van der Waals surface area (Å²) in [6.07, 6.45) is 5.30. The van der Waals surface area contributed by atoms with Gasteiger partial charge in [-0.15, -0.1) is 0 Å². The second kappa shape index (κ2) is 11.1. The fourth-order valence-corrected chi connectivity index (χ4v) is 4.12. The third kappa shape index (κ3) is 6.31. The molecule has 5 heteroatoms. The van der Waals surface area contributed by atoms with Gasteiger partial charge in [0.05, 0.1) is 7.11 Å². The summed E-state index contributed by atoms with van der Waals surface area (Å²) < 4.78 is 11.2. The molecule has 2 aromatic rings. The molecule has 3 rings (SSSR count). The minimum absolute atomic E-state index is 0.0227. The molecular weight excluding hydrogens is 378 g/mol. The average molecular weight is 412 g/mol. The SMILES string of the molecule is COc1cc(C(C)=O)ccc1OCC(O)CN(CCc1ccccc1)C1CCCC1. The normalized spacial score (nSPS) is 15.3. The van der Waals surface area contributed by atoms with E-state index in [2.05, 4.69) is 29.2 Å². The molecule has 30 heavy (non-hydrogen) atoms. The molecule has 162 valence electrons. The van der Waals surface area contributed by atoms with Gasteiger partial charge in [-0.2, -0.15) is 0 Å². The molecule has 0 heterocycles. The number of hydrogen-bond acceptors (Lipinski definition) is 5. The Morgan fingerprint density at radius 2 is 1.87 bits per heavy atom. The maximum absolute atomic E-state index is 11.6. The standard InChI is InChI=1S/C25H33NO4/c1-19(27)21-12-13-24(25(16-21)29-2)30-18-23(28)17-26(22-10-6-7-11-22)15-14-20-8-4-3-5-9-20/h3-5,8-9,12-13,16,22-23,28H,6-7,10-11,14-15,17-18H2,1-2H3. The van der Waals surface area contributed by atoms with E-state index in [1.807, 2.05) is 6.07 Å². The molecule has 1 atom stereocenters. The van der Waals surface area contributed by atoms with E-state index in [-0.39, 0.29) is 12.4 Å². The lowest BCUT2D eigenvalue weighted by Crippen LogP contribution is -2.42. The van der Waals surface area contributed by atoms with Gasteiger partial charge in [0.2, 0.25) is 0 Å². The number of rotatable bonds is 11. The molecule has 0 saturated heterocycles. The van der Waals surface area contributed by atoms with Gasteiger partial charge in [-0.3, -0.25) is 9.69 Å². The maximum Gasteiger partial charge on any atom is 0.161 e. The maximum atomic E-state index is 11.6. The number of nitrogens with zero attached hydrogens (tertiary/aromatic N) is 1. The fraction of sp³-hybridized carbons (Fsp3) is 0.480. The van der Waals surface area contributed by atoms with Crippen LogP contribution in [-0.4, -0.2) is 54.7 Å². The summed E-state index contributed by atoms with van der Waals surface area (Å²) in [5, 5.41) is 10.7. The zero-order valence-corrected chi connectivity index (χ0v) is 18.0. The Morgan fingerprint density at radius 1 is 1.13 bits per heavy atom. The highest BCUT2D eigenvalue weighted by molar-refractivity contribution is 5.94. The van der Waals surface area contributed by atoms with Crippen LogP contribution < -0.4 is 9.47 Å². The quantitative estimate of drug-likeness (QED) is 0.564. The van der Waals surface area contributed by atoms with Gasteiger partial charge in [0.1, 0.15) is 12.7 Å². The van der Waals surface area contributed by atoms with Crippen LogP contribution in [0.2, 0.25) is 0 Å². The lowest BCUT2D eigenvalue weighted by molar-refractivity contribution is 0.0524. The van der Waals surface area contributed by atoms with Crippen molar-refractivity contribution in [1.29, 1.82) is 0 Å². The van der Waals surface area contributed by atoms with Gasteiger partial charge in [-0.05, 0) is 49.9 Å². The number of aliphatic hydroxyl groups is 1. The summed E-state index contributed by atoms with van der Waals surface area (Å²) in [6, 6.07) is 16.2. The summed E-state index contributed by atoms with van der Waals surface area (Å²) in [5.41, 5.74) is 1.90. The smallest absolute Gasteiger partial charge is 0.161 e. The number of ether oxygens (including phenoxy) is 2. The van der Waals surface area contributed by atoms with E-state index in [1.54, 1.807) is 25.3 Å². The van der Waals surface area contributed by atoms with Crippen LogP contribution >= 0.6 is 0 Å². The van der Waals surface area contributed by atoms with Crippen LogP contribution in [0.1, 0.15) is 48.5 Å². The Hall–Kier alpha value is -2.37. The first-order chi connectivity index (χ1) is 14.6. The van der Waals surface area contributed by atoms with Crippen molar-refractivity contribution < 1.29 is 19.4 Å². The van der Waals surface area contributed by atoms with Crippen LogP contribution in [0.5, 0.6) is 11.5 Å². The second-order valence-electron chi connectivity index (χ2n) is 8.06. The molecule has 0 aliphatic heterocycles. The van der Waals surface area contributed by atoms with E-state index in [9.17, 15) is 9.90 Å². The lowest BCUT2D eigenvalue weighted by atomic mass is 10.1. The molecule has 1 aliphatic rings. The number of Topliss-reactive ketones (excluding diaryl/α,β-unsaturated/α-hetero) is 1. The van der Waals surface area contributed by atoms with E-state index < -0.39 is 6.10 Å². The van der Waals surface area contributed by atoms with Gasteiger partial charge >= 0.3 is 0 Å². The van der Waals surface area contributed by atoms with Crippen molar-refractivity contribution in [3.05, 3.63) is 59.7 Å². The zero-order chi connectivity index (χ0) is 21.3. The monoisotopic (exact) mass is 411 g/mol. The Morgan fingerprint density at radius 3 is 2.53 bits per heavy atom. The third-order valence-corrected chi connectivity index (χ3v) is 5.82. The van der Waals surface area contributed by atoms with Crippen LogP contribution in [0.15, 0.2) is 48.5 Å². The van der Waals surface area contributed by atoms with Gasteiger partial charge in [-0.25, -0.2) is 0 Å². The predicted molar refractivity (Wildman–Crippen MR) is 118 cm³/mol. The van der Waals surface area contributed by atoms with E-state index in [0.717, 1.165) is 13.0 Å². The number of ketones is 1. The first-order valence-electron chi connectivity index (χ1n) is 10.8. The number of benzene rings is 2. The summed E-state index contributed by atoms with van der Waals surface area (Å²) in [6.45, 7) is 3.23. The molecule has 0 radical (unpaired) electrons. The minimum Gasteiger partial charge on any atom is -0.493 e. The molecule has 0 aromatic heterocycles. The molecule has 5 nitrogen and oxygen atoms in total. The summed E-state index contributed by atoms with van der Waals surface area (Å²) in [7, 11) is 1.55. The van der Waals surface area contributed by atoms with Gasteiger partial charge in [0, 0.05) is 24.7 Å². The Balaban J connectivity index is 1.57. The summed E-state index contributed by atoms with van der Waals surface area (Å²) >= 11 is 0. The molecule has 0 spiro atoms. The highest BCUT2D eigenvalue weighted by Gasteiger charge is 2.24. The van der Waals surface area contributed by atoms with Gasteiger partial charge in [0.15, 0.2) is 17.3 Å². The van der Waals surface area contributed by atoms with Crippen molar-refractivity contribution in [1.82, 2.24) is 4.90 Å². The van der Waals surface area contributed by atoms with Gasteiger partial charge in [-0.1, -0.05) is 43.2 Å². The lowest BCUT2D eigenvalue weighted by Gasteiger charge is -2.31. The Labute approximate surface area is 179 Å². The van der Waals surface area contributed by atoms with Crippen LogP contribution in [0.3, 0.4) is 0 Å². The van der Waals surface area contributed by atoms with E-state index in [4.69, 9.17) is 9.47 Å². The van der Waals surface area contributed by atoms with Gasteiger partial charge in [0.25, 0.3) is 0 Å². The van der Waals surface area contributed by atoms with Crippen molar-refractivity contribution in [3.63, 3.8) is 0 Å². The number of methoxy groups -OCH3 is 1. The second-order valence-corrected chi connectivity index (χ2v) is 8.06. The number of hydrogen-bond donors (Lipinski definition) is 1. The summed E-state index contributed by atoms with van der Waals surface area (Å²) in [5.74, 6) is 1.02. The molecule has 1 saturated carbocycles. The number of carbonyl (C=O) groups is 1. The van der Waals surface area contributed by atoms with Crippen LogP contribution in [0.25, 0.3) is 0 Å². The predicted octanol–water partition coefficient (Wildman–Crippen LogP) is 4.12. The van der Waals surface area contributed by atoms with Crippen molar-refractivity contribution in [2.75, 3.05) is 26.8 Å². The van der Waals surface area contributed by atoms with E-state index in [1.165, 1.54) is 38.2 Å². The first kappa shape index (κ1) is 22.3. The van der Waals surface area contributed by atoms with Crippen LogP contribution in [0.4, 0.5) is 0 Å². The van der Waals surface area contributed by atoms with Crippen molar-refractivity contribution in [2.24, 2.45) is 0 Å². The molecular formula is C25H33NO4. The molecule has 0 bridgehead atoms. The largest absolute Gasteiger partial charge is 0.493 e. The van der Waals surface area contributed by atoms with Crippen LogP contribution in [-0.2, 0) is 6.42 Å². The topological polar surface area (TPSA) is 59.0 Å². The number of carbonyl (C=O) groups excluding carboxylic acids is 1. The van der Waals surface area contributed by atoms with Crippen molar-refractivity contribution in [3.8, 4) is 11.5 Å². The molecule has 2 aromatic carbocycles. The Bertz CT molecular complexity index is 802. The highest BCUT2D eigenvalue weighted by atomic mass is 16.5. The van der Waals surface area contributed by atoms with E-state index in [0.29, 0.717) is 29.6 Å². The third-order valence-electron chi connectivity index (χ3n) is 5.82. The van der Waals surface area contributed by atoms with E-state index >= 15 is 0 Å². The fourth-order valence-electron chi connectivity index (χ4n) is 4.12. The number of aliphatic hydroxyl groups excluding tert-OH is 1. The molecule has 1 unspecified atom stereocenters. The molecule has 0 amide bonds. The first-order valence-corrected chi connectivity index (χ1v) is 10.8. The van der Waals surface area contributed by atoms with Crippen molar-refractivity contribution >= 4 is 5.78 Å². The van der Waals surface area contributed by atoms with Crippen LogP contribution in [0, 0.1) is 0 Å². The minimum atomic E-state index is -0.599. The highest BCUT2D eigenvalue weighted by Crippen LogP contribution is 2.29. The van der Waals surface area contributed by atoms with Gasteiger partial charge < -0.3 is 14.6 Å². The Kier molecular flexibility index (Phi) is 8.29. The van der Waals surface area contributed by atoms with Crippen molar-refractivity contribution in [2.45, 2.75) is 51.2 Å². The molecule has 1 aliphatic carbocycles. The molecule has 1 N–H and O–H groups in total. The average Bonchev–Trinajstić information content (AvgIpc) is 3.30. The zero-order valence-electron chi connectivity index (χ0n) is 18.0. The summed E-state index contributed by atoms with van der Waals surface area (Å²) in [4.78, 5) is 14.0.